The Kier molecular flexibility index (Phi) is 6.76. The molecule has 0 spiro atoms. The molecule has 0 bridgehead atoms. The first-order valence-corrected chi connectivity index (χ1v) is 8.73. The quantitative estimate of drug-likeness (QED) is 0.531. The van der Waals surface area contributed by atoms with Gasteiger partial charge in [-0.25, -0.2) is 9.59 Å². The summed E-state index contributed by atoms with van der Waals surface area (Å²) in [6.45, 7) is 0. The molecule has 23 heavy (non-hydrogen) atoms. The number of amides is 1. The van der Waals surface area contributed by atoms with Crippen molar-refractivity contribution in [3.05, 3.63) is 0 Å². The zero-order chi connectivity index (χ0) is 16.7. The van der Waals surface area contributed by atoms with Crippen LogP contribution in [0.15, 0.2) is 0 Å². The van der Waals surface area contributed by atoms with Crippen LogP contribution in [0.4, 0.5) is 4.79 Å². The number of hydrogen-bond donors (Lipinski definition) is 2. The average Bonchev–Trinajstić information content (AvgIpc) is 3.25. The molecular weight excluding hydrogens is 294 g/mol. The average molecular weight is 321 g/mol. The molecule has 128 valence electrons. The van der Waals surface area contributed by atoms with E-state index in [9.17, 15) is 14.7 Å². The summed E-state index contributed by atoms with van der Waals surface area (Å²) in [5, 5.41) is 11.8. The summed E-state index contributed by atoms with van der Waals surface area (Å²) >= 11 is 0. The van der Waals surface area contributed by atoms with Crippen molar-refractivity contribution < 1.29 is 19.4 Å². The number of rotatable bonds is 8. The summed E-state index contributed by atoms with van der Waals surface area (Å²) in [5.74, 6) is 2.40. The predicted octanol–water partition coefficient (Wildman–Crippen LogP) is 3.33. The van der Waals surface area contributed by atoms with Crippen LogP contribution in [0.2, 0.25) is 0 Å². The number of hydrogen-bond acceptors (Lipinski definition) is 3. The van der Waals surface area contributed by atoms with Gasteiger partial charge >= 0.3 is 12.1 Å². The number of carboxylic acid groups (broad SMARTS) is 1. The maximum absolute atomic E-state index is 11.9. The highest BCUT2D eigenvalue weighted by atomic mass is 16.6. The second-order valence-electron chi connectivity index (χ2n) is 6.81. The van der Waals surface area contributed by atoms with Gasteiger partial charge in [-0.2, -0.15) is 0 Å². The lowest BCUT2D eigenvalue weighted by Crippen LogP contribution is -2.42. The minimum absolute atomic E-state index is 0.0723. The van der Waals surface area contributed by atoms with E-state index in [4.69, 9.17) is 11.2 Å². The molecule has 0 radical (unpaired) electrons. The van der Waals surface area contributed by atoms with Crippen LogP contribution in [0.3, 0.4) is 0 Å². The minimum atomic E-state index is -0.978. The third-order valence-electron chi connectivity index (χ3n) is 4.90. The van der Waals surface area contributed by atoms with E-state index < -0.39 is 18.1 Å². The Balaban J connectivity index is 1.69. The van der Waals surface area contributed by atoms with Gasteiger partial charge in [0.15, 0.2) is 0 Å². The first-order valence-electron chi connectivity index (χ1n) is 8.73. The summed E-state index contributed by atoms with van der Waals surface area (Å²) in [4.78, 5) is 23.3. The Morgan fingerprint density at radius 1 is 1.30 bits per heavy atom. The smallest absolute Gasteiger partial charge is 0.408 e. The Labute approximate surface area is 138 Å². The van der Waals surface area contributed by atoms with Gasteiger partial charge in [0.05, 0.1) is 0 Å². The van der Waals surface area contributed by atoms with E-state index in [2.05, 4.69) is 11.2 Å². The van der Waals surface area contributed by atoms with E-state index in [0.717, 1.165) is 51.4 Å². The Morgan fingerprint density at radius 3 is 2.70 bits per heavy atom. The van der Waals surface area contributed by atoms with E-state index in [1.54, 1.807) is 0 Å². The molecule has 2 saturated carbocycles. The van der Waals surface area contributed by atoms with Crippen LogP contribution in [0.5, 0.6) is 0 Å². The van der Waals surface area contributed by atoms with E-state index in [1.165, 1.54) is 6.42 Å². The molecule has 5 nitrogen and oxygen atoms in total. The van der Waals surface area contributed by atoms with Crippen LogP contribution in [0.1, 0.15) is 64.2 Å². The van der Waals surface area contributed by atoms with E-state index in [1.807, 2.05) is 0 Å². The van der Waals surface area contributed by atoms with Crippen molar-refractivity contribution in [1.29, 1.82) is 0 Å². The summed E-state index contributed by atoms with van der Waals surface area (Å²) < 4.78 is 5.31. The molecular formula is C18H27NO4. The number of ether oxygens (including phenoxy) is 1. The summed E-state index contributed by atoms with van der Waals surface area (Å²) in [6.07, 6.45) is 14.2. The number of aliphatic carboxylic acids is 1. The van der Waals surface area contributed by atoms with E-state index >= 15 is 0 Å². The molecule has 2 fully saturated rings. The third kappa shape index (κ3) is 6.13. The lowest BCUT2D eigenvalue weighted by Gasteiger charge is -2.24. The van der Waals surface area contributed by atoms with Gasteiger partial charge in [0.25, 0.3) is 0 Å². The van der Waals surface area contributed by atoms with Crippen molar-refractivity contribution in [2.45, 2.75) is 76.4 Å². The molecule has 2 aliphatic carbocycles. The number of carboxylic acids is 1. The van der Waals surface area contributed by atoms with Gasteiger partial charge in [-0.15, -0.1) is 12.3 Å². The maximum atomic E-state index is 11.9. The minimum Gasteiger partial charge on any atom is -0.480 e. The highest BCUT2D eigenvalue weighted by molar-refractivity contribution is 5.80. The van der Waals surface area contributed by atoms with Gasteiger partial charge in [0, 0.05) is 6.42 Å². The molecule has 0 heterocycles. The molecule has 2 rings (SSSR count). The molecule has 0 aromatic heterocycles. The molecule has 3 atom stereocenters. The second kappa shape index (κ2) is 8.81. The molecule has 2 N–H and O–H groups in total. The molecule has 2 aliphatic rings. The zero-order valence-electron chi connectivity index (χ0n) is 13.6. The lowest BCUT2D eigenvalue weighted by atomic mass is 9.85. The number of alkyl carbamates (subject to hydrolysis) is 1. The maximum Gasteiger partial charge on any atom is 0.408 e. The van der Waals surface area contributed by atoms with Crippen molar-refractivity contribution in [3.8, 4) is 12.3 Å². The number of unbranched alkanes of at least 4 members (excludes halogenated alkanes) is 1. The predicted molar refractivity (Wildman–Crippen MR) is 86.8 cm³/mol. The normalized spacial score (nSPS) is 25.2. The molecule has 0 aromatic rings. The van der Waals surface area contributed by atoms with Gasteiger partial charge in [-0.05, 0) is 37.5 Å². The number of terminal acetylenes is 1. The molecule has 1 amide bonds. The number of carbonyl (C=O) groups is 2. The second-order valence-corrected chi connectivity index (χ2v) is 6.81. The fourth-order valence-electron chi connectivity index (χ4n) is 3.43. The van der Waals surface area contributed by atoms with Gasteiger partial charge in [0.2, 0.25) is 0 Å². The molecule has 0 saturated heterocycles. The van der Waals surface area contributed by atoms with Crippen LogP contribution in [0.25, 0.3) is 0 Å². The highest BCUT2D eigenvalue weighted by Crippen LogP contribution is 2.38. The number of nitrogens with one attached hydrogen (secondary N) is 1. The fraction of sp³-hybridized carbons (Fsp3) is 0.778. The van der Waals surface area contributed by atoms with Crippen LogP contribution < -0.4 is 5.32 Å². The monoisotopic (exact) mass is 321 g/mol. The molecule has 0 aromatic carbocycles. The topological polar surface area (TPSA) is 75.6 Å². The van der Waals surface area contributed by atoms with E-state index in [0.29, 0.717) is 18.3 Å². The first kappa shape index (κ1) is 17.7. The summed E-state index contributed by atoms with van der Waals surface area (Å²) in [7, 11) is 0. The van der Waals surface area contributed by atoms with Crippen molar-refractivity contribution in [1.82, 2.24) is 5.32 Å². The summed E-state index contributed by atoms with van der Waals surface area (Å²) in [6, 6.07) is -0.843. The van der Waals surface area contributed by atoms with Gasteiger partial charge in [-0.1, -0.05) is 32.1 Å². The number of carbonyl (C=O) groups excluding carboxylic acids is 1. The van der Waals surface area contributed by atoms with Crippen LogP contribution in [-0.4, -0.2) is 29.3 Å². The zero-order valence-corrected chi connectivity index (χ0v) is 13.6. The van der Waals surface area contributed by atoms with Crippen LogP contribution in [0, 0.1) is 24.2 Å². The molecule has 5 heteroatoms. The molecule has 3 unspecified atom stereocenters. The van der Waals surface area contributed by atoms with Gasteiger partial charge in [-0.3, -0.25) is 0 Å². The van der Waals surface area contributed by atoms with Gasteiger partial charge in [0.1, 0.15) is 12.1 Å². The van der Waals surface area contributed by atoms with Crippen molar-refractivity contribution in [2.75, 3.05) is 0 Å². The van der Waals surface area contributed by atoms with Crippen LogP contribution in [-0.2, 0) is 9.53 Å². The Hall–Kier alpha value is -1.70. The van der Waals surface area contributed by atoms with Gasteiger partial charge < -0.3 is 15.2 Å². The third-order valence-corrected chi connectivity index (χ3v) is 4.90. The standard InChI is InChI=1S/C18H27NO4/c1-2-3-5-10-14-12-16(14)23-18(22)19-15(17(20)21)11-13-8-6-4-7-9-13/h1,13-16H,3-12H2,(H,19,22)(H,20,21). The Morgan fingerprint density at radius 2 is 2.04 bits per heavy atom. The largest absolute Gasteiger partial charge is 0.480 e. The summed E-state index contributed by atoms with van der Waals surface area (Å²) in [5.41, 5.74) is 0. The lowest BCUT2D eigenvalue weighted by molar-refractivity contribution is -0.139. The highest BCUT2D eigenvalue weighted by Gasteiger charge is 2.40. The van der Waals surface area contributed by atoms with Crippen molar-refractivity contribution in [2.24, 2.45) is 11.8 Å². The van der Waals surface area contributed by atoms with E-state index in [-0.39, 0.29) is 6.10 Å². The van der Waals surface area contributed by atoms with Crippen molar-refractivity contribution in [3.63, 3.8) is 0 Å². The van der Waals surface area contributed by atoms with Crippen molar-refractivity contribution >= 4 is 12.1 Å². The Bertz CT molecular complexity index is 450. The fourth-order valence-corrected chi connectivity index (χ4v) is 3.43. The first-order chi connectivity index (χ1) is 11.1. The SMILES string of the molecule is C#CCCCC1CC1OC(=O)NC(CC1CCCCC1)C(=O)O. The van der Waals surface area contributed by atoms with Crippen LogP contribution >= 0.6 is 0 Å². The molecule has 0 aliphatic heterocycles.